The molecule has 1 N–H and O–H groups in total. The van der Waals surface area contributed by atoms with Gasteiger partial charge in [0.25, 0.3) is 0 Å². The van der Waals surface area contributed by atoms with Gasteiger partial charge in [-0.3, -0.25) is 9.69 Å². The Kier molecular flexibility index (Phi) is 7.40. The van der Waals surface area contributed by atoms with Crippen molar-refractivity contribution in [2.75, 3.05) is 26.0 Å². The third-order valence-corrected chi connectivity index (χ3v) is 4.48. The highest BCUT2D eigenvalue weighted by molar-refractivity contribution is 5.92. The lowest BCUT2D eigenvalue weighted by atomic mass is 10.2. The number of hydrogen-bond acceptors (Lipinski definition) is 4. The van der Waals surface area contributed by atoms with Crippen molar-refractivity contribution in [1.82, 2.24) is 4.90 Å². The Morgan fingerprint density at radius 1 is 0.967 bits per heavy atom. The van der Waals surface area contributed by atoms with Gasteiger partial charge < -0.3 is 14.8 Å². The third kappa shape index (κ3) is 6.06. The molecule has 0 atom stereocenters. The normalized spacial score (nSPS) is 10.7. The van der Waals surface area contributed by atoms with Crippen LogP contribution in [0.3, 0.4) is 0 Å². The van der Waals surface area contributed by atoms with E-state index >= 15 is 0 Å². The summed E-state index contributed by atoms with van der Waals surface area (Å²) in [6, 6.07) is 21.7. The summed E-state index contributed by atoms with van der Waals surface area (Å²) in [6.07, 6.45) is 0. The van der Waals surface area contributed by atoms with Gasteiger partial charge in [-0.25, -0.2) is 4.39 Å². The van der Waals surface area contributed by atoms with E-state index in [0.29, 0.717) is 24.7 Å². The Labute approximate surface area is 176 Å². The number of para-hydroxylation sites is 1. The lowest BCUT2D eigenvalue weighted by Gasteiger charge is -2.18. The molecule has 0 aliphatic carbocycles. The van der Waals surface area contributed by atoms with Gasteiger partial charge in [0.05, 0.1) is 19.3 Å². The number of carbonyl (C=O) groups is 1. The van der Waals surface area contributed by atoms with E-state index in [9.17, 15) is 9.18 Å². The second-order valence-electron chi connectivity index (χ2n) is 6.96. The third-order valence-electron chi connectivity index (χ3n) is 4.48. The molecule has 0 aromatic heterocycles. The molecule has 0 saturated heterocycles. The molecule has 6 heteroatoms. The van der Waals surface area contributed by atoms with Crippen LogP contribution in [-0.2, 0) is 17.9 Å². The minimum Gasteiger partial charge on any atom is -0.493 e. The molecule has 3 aromatic rings. The van der Waals surface area contributed by atoms with Crippen LogP contribution in [0.5, 0.6) is 11.5 Å². The Bertz CT molecular complexity index is 979. The van der Waals surface area contributed by atoms with E-state index in [1.807, 2.05) is 60.5 Å². The second-order valence-corrected chi connectivity index (χ2v) is 6.96. The van der Waals surface area contributed by atoms with E-state index in [2.05, 4.69) is 5.32 Å². The molecule has 0 bridgehead atoms. The van der Waals surface area contributed by atoms with Crippen molar-refractivity contribution in [3.8, 4) is 11.5 Å². The van der Waals surface area contributed by atoms with Crippen molar-refractivity contribution in [2.24, 2.45) is 0 Å². The molecule has 156 valence electrons. The molecule has 0 unspecified atom stereocenters. The minimum absolute atomic E-state index is 0.128. The van der Waals surface area contributed by atoms with Gasteiger partial charge >= 0.3 is 0 Å². The van der Waals surface area contributed by atoms with Gasteiger partial charge in [-0.15, -0.1) is 0 Å². The summed E-state index contributed by atoms with van der Waals surface area (Å²) < 4.78 is 25.0. The SMILES string of the molecule is COc1cc(CN(C)CC(=O)Nc2ccccc2F)ccc1OCc1ccccc1. The highest BCUT2D eigenvalue weighted by Crippen LogP contribution is 2.29. The molecule has 0 aliphatic heterocycles. The molecule has 3 aromatic carbocycles. The summed E-state index contributed by atoms with van der Waals surface area (Å²) in [5, 5.41) is 2.59. The van der Waals surface area contributed by atoms with Gasteiger partial charge in [0.2, 0.25) is 5.91 Å². The number of nitrogens with zero attached hydrogens (tertiary/aromatic N) is 1. The van der Waals surface area contributed by atoms with Crippen molar-refractivity contribution < 1.29 is 18.7 Å². The number of amides is 1. The Hall–Kier alpha value is -3.38. The molecule has 0 fully saturated rings. The predicted molar refractivity (Wildman–Crippen MR) is 115 cm³/mol. The van der Waals surface area contributed by atoms with Gasteiger partial charge in [-0.2, -0.15) is 0 Å². The van der Waals surface area contributed by atoms with Crippen molar-refractivity contribution in [1.29, 1.82) is 0 Å². The average molecular weight is 408 g/mol. The molecule has 30 heavy (non-hydrogen) atoms. The lowest BCUT2D eigenvalue weighted by molar-refractivity contribution is -0.117. The average Bonchev–Trinajstić information content (AvgIpc) is 2.75. The number of benzene rings is 3. The van der Waals surface area contributed by atoms with E-state index in [-0.39, 0.29) is 18.1 Å². The zero-order chi connectivity index (χ0) is 21.3. The zero-order valence-corrected chi connectivity index (χ0v) is 17.1. The molecular weight excluding hydrogens is 383 g/mol. The maximum atomic E-state index is 13.7. The van der Waals surface area contributed by atoms with Crippen molar-refractivity contribution in [3.63, 3.8) is 0 Å². The van der Waals surface area contributed by atoms with Crippen molar-refractivity contribution in [2.45, 2.75) is 13.2 Å². The topological polar surface area (TPSA) is 50.8 Å². The van der Waals surface area contributed by atoms with Gasteiger partial charge in [-0.05, 0) is 42.4 Å². The van der Waals surface area contributed by atoms with Crippen molar-refractivity contribution >= 4 is 11.6 Å². The minimum atomic E-state index is -0.454. The smallest absolute Gasteiger partial charge is 0.238 e. The molecular formula is C24H25FN2O3. The van der Waals surface area contributed by atoms with Crippen LogP contribution in [0.1, 0.15) is 11.1 Å². The van der Waals surface area contributed by atoms with Crippen LogP contribution in [0.25, 0.3) is 0 Å². The monoisotopic (exact) mass is 408 g/mol. The summed E-state index contributed by atoms with van der Waals surface area (Å²) in [5.41, 5.74) is 2.22. The van der Waals surface area contributed by atoms with E-state index in [1.54, 1.807) is 19.2 Å². The summed E-state index contributed by atoms with van der Waals surface area (Å²) in [4.78, 5) is 14.0. The first-order chi connectivity index (χ1) is 14.5. The Morgan fingerprint density at radius 2 is 1.70 bits per heavy atom. The van der Waals surface area contributed by atoms with Crippen LogP contribution in [0.4, 0.5) is 10.1 Å². The quantitative estimate of drug-likeness (QED) is 0.567. The number of anilines is 1. The fourth-order valence-electron chi connectivity index (χ4n) is 3.03. The summed E-state index contributed by atoms with van der Waals surface area (Å²) in [6.45, 7) is 1.11. The molecule has 3 rings (SSSR count). The van der Waals surface area contributed by atoms with E-state index < -0.39 is 5.82 Å². The zero-order valence-electron chi connectivity index (χ0n) is 17.1. The maximum absolute atomic E-state index is 13.7. The van der Waals surface area contributed by atoms with E-state index in [4.69, 9.17) is 9.47 Å². The lowest BCUT2D eigenvalue weighted by Crippen LogP contribution is -2.30. The number of nitrogens with one attached hydrogen (secondary N) is 1. The molecule has 5 nitrogen and oxygen atoms in total. The number of carbonyl (C=O) groups excluding carboxylic acids is 1. The summed E-state index contributed by atoms with van der Waals surface area (Å²) >= 11 is 0. The first kappa shape index (κ1) is 21.3. The van der Waals surface area contributed by atoms with Crippen molar-refractivity contribution in [3.05, 3.63) is 89.7 Å². The number of hydrogen-bond donors (Lipinski definition) is 1. The van der Waals surface area contributed by atoms with Crippen LogP contribution in [0, 0.1) is 5.82 Å². The Morgan fingerprint density at radius 3 is 2.43 bits per heavy atom. The number of rotatable bonds is 9. The van der Waals surface area contributed by atoms with Crippen LogP contribution in [-0.4, -0.2) is 31.5 Å². The summed E-state index contributed by atoms with van der Waals surface area (Å²) in [5.74, 6) is 0.555. The standard InChI is InChI=1S/C24H25FN2O3/c1-27(16-24(28)26-21-11-7-6-10-20(21)25)15-19-12-13-22(23(14-19)29-2)30-17-18-8-4-3-5-9-18/h3-14H,15-17H2,1-2H3,(H,26,28). The molecule has 0 radical (unpaired) electrons. The fourth-order valence-corrected chi connectivity index (χ4v) is 3.03. The van der Waals surface area contributed by atoms with E-state index in [0.717, 1.165) is 11.1 Å². The van der Waals surface area contributed by atoms with Gasteiger partial charge in [0.15, 0.2) is 11.5 Å². The number of methoxy groups -OCH3 is 1. The van der Waals surface area contributed by atoms with Gasteiger partial charge in [0.1, 0.15) is 12.4 Å². The number of likely N-dealkylation sites (N-methyl/N-ethyl adjacent to an activating group) is 1. The van der Waals surface area contributed by atoms with Gasteiger partial charge in [-0.1, -0.05) is 48.5 Å². The predicted octanol–water partition coefficient (Wildman–Crippen LogP) is 4.48. The van der Waals surface area contributed by atoms with Crippen LogP contribution < -0.4 is 14.8 Å². The molecule has 0 aliphatic rings. The second kappa shape index (κ2) is 10.4. The van der Waals surface area contributed by atoms with E-state index in [1.165, 1.54) is 12.1 Å². The number of halogens is 1. The highest BCUT2D eigenvalue weighted by atomic mass is 19.1. The maximum Gasteiger partial charge on any atom is 0.238 e. The van der Waals surface area contributed by atoms with Crippen LogP contribution in [0.2, 0.25) is 0 Å². The first-order valence-corrected chi connectivity index (χ1v) is 9.61. The largest absolute Gasteiger partial charge is 0.493 e. The first-order valence-electron chi connectivity index (χ1n) is 9.61. The molecule has 0 spiro atoms. The van der Waals surface area contributed by atoms with Gasteiger partial charge in [0, 0.05) is 6.54 Å². The Balaban J connectivity index is 1.56. The fraction of sp³-hybridized carbons (Fsp3) is 0.208. The molecule has 1 amide bonds. The molecule has 0 saturated carbocycles. The van der Waals surface area contributed by atoms with Crippen LogP contribution >= 0.6 is 0 Å². The highest BCUT2D eigenvalue weighted by Gasteiger charge is 2.12. The summed E-state index contributed by atoms with van der Waals surface area (Å²) in [7, 11) is 3.42. The van der Waals surface area contributed by atoms with Crippen LogP contribution in [0.15, 0.2) is 72.8 Å². The number of ether oxygens (including phenoxy) is 2. The molecule has 0 heterocycles.